The second-order valence-electron chi connectivity index (χ2n) is 6.20. The maximum absolute atomic E-state index is 12.5. The van der Waals surface area contributed by atoms with Gasteiger partial charge in [0.05, 0.1) is 29.9 Å². The van der Waals surface area contributed by atoms with Gasteiger partial charge in [0, 0.05) is 12.5 Å². The van der Waals surface area contributed by atoms with Crippen LogP contribution in [0.25, 0.3) is 10.9 Å². The van der Waals surface area contributed by atoms with Gasteiger partial charge in [-0.05, 0) is 31.5 Å². The van der Waals surface area contributed by atoms with Gasteiger partial charge in [-0.1, -0.05) is 12.1 Å². The number of piperidine rings is 1. The van der Waals surface area contributed by atoms with Crippen molar-refractivity contribution in [3.05, 3.63) is 40.9 Å². The first-order valence-corrected chi connectivity index (χ1v) is 7.72. The number of benzene rings is 1. The fourth-order valence-corrected chi connectivity index (χ4v) is 3.53. The maximum Gasteiger partial charge on any atom is 0.261 e. The van der Waals surface area contributed by atoms with E-state index in [1.165, 1.54) is 10.9 Å². The van der Waals surface area contributed by atoms with Crippen molar-refractivity contribution in [1.82, 2.24) is 14.9 Å². The molecule has 116 valence electrons. The Bertz CT molecular complexity index is 744. The minimum absolute atomic E-state index is 0.0304. The first-order valence-electron chi connectivity index (χ1n) is 7.72. The molecule has 22 heavy (non-hydrogen) atoms. The van der Waals surface area contributed by atoms with Crippen molar-refractivity contribution in [2.45, 2.75) is 43.7 Å². The molecule has 2 saturated heterocycles. The molecule has 0 amide bonds. The first kappa shape index (κ1) is 13.9. The average Bonchev–Trinajstić information content (AvgIpc) is 2.86. The zero-order valence-corrected chi connectivity index (χ0v) is 12.2. The standard InChI is InChI=1S/C16H19N3O3/c20-15-11-4-1-2-5-12(11)18-10-19(15)9-16(21)8-13-14(22-16)6-3-7-17-13/h1-2,4-5,10,13-14,17,21H,3,6-9H2/t13-,14+,16-/m0/s1. The Morgan fingerprint density at radius 2 is 2.32 bits per heavy atom. The van der Waals surface area contributed by atoms with Crippen molar-refractivity contribution in [3.8, 4) is 0 Å². The summed E-state index contributed by atoms with van der Waals surface area (Å²) in [5.74, 6) is -1.30. The molecule has 0 spiro atoms. The summed E-state index contributed by atoms with van der Waals surface area (Å²) in [5.41, 5.74) is 0.517. The molecule has 0 radical (unpaired) electrons. The molecule has 4 rings (SSSR count). The van der Waals surface area contributed by atoms with E-state index in [9.17, 15) is 9.90 Å². The SMILES string of the molecule is O=c1c2ccccc2ncn1C[C@]1(O)C[C@@H]2NCCC[C@H]2O1. The van der Waals surface area contributed by atoms with Crippen LogP contribution in [0, 0.1) is 0 Å². The number of aliphatic hydroxyl groups is 1. The summed E-state index contributed by atoms with van der Waals surface area (Å²) in [6.07, 6.45) is 4.01. The van der Waals surface area contributed by atoms with E-state index in [1.54, 1.807) is 12.1 Å². The average molecular weight is 301 g/mol. The number of nitrogens with zero attached hydrogens (tertiary/aromatic N) is 2. The third-order valence-corrected chi connectivity index (χ3v) is 4.58. The van der Waals surface area contributed by atoms with Crippen molar-refractivity contribution >= 4 is 10.9 Å². The number of hydrogen-bond acceptors (Lipinski definition) is 5. The van der Waals surface area contributed by atoms with Gasteiger partial charge in [-0.25, -0.2) is 4.98 Å². The van der Waals surface area contributed by atoms with Crippen LogP contribution in [0.1, 0.15) is 19.3 Å². The summed E-state index contributed by atoms with van der Waals surface area (Å²) >= 11 is 0. The third-order valence-electron chi connectivity index (χ3n) is 4.58. The molecule has 0 unspecified atom stereocenters. The highest BCUT2D eigenvalue weighted by atomic mass is 16.6. The number of fused-ring (bicyclic) bond motifs is 2. The molecule has 2 aliphatic rings. The second-order valence-corrected chi connectivity index (χ2v) is 6.20. The summed E-state index contributed by atoms with van der Waals surface area (Å²) in [5, 5.41) is 14.7. The maximum atomic E-state index is 12.5. The van der Waals surface area contributed by atoms with Gasteiger partial charge in [-0.3, -0.25) is 9.36 Å². The van der Waals surface area contributed by atoms with Crippen molar-refractivity contribution in [2.75, 3.05) is 6.54 Å². The normalized spacial score (nSPS) is 31.3. The molecule has 2 aromatic rings. The number of aromatic nitrogens is 2. The molecule has 0 bridgehead atoms. The topological polar surface area (TPSA) is 76.4 Å². The van der Waals surface area contributed by atoms with E-state index >= 15 is 0 Å². The van der Waals surface area contributed by atoms with Crippen LogP contribution in [-0.4, -0.2) is 39.1 Å². The van der Waals surface area contributed by atoms with E-state index in [2.05, 4.69) is 10.3 Å². The predicted molar refractivity (Wildman–Crippen MR) is 81.5 cm³/mol. The summed E-state index contributed by atoms with van der Waals surface area (Å²) in [4.78, 5) is 16.8. The molecule has 3 heterocycles. The fraction of sp³-hybridized carbons (Fsp3) is 0.500. The molecular weight excluding hydrogens is 282 g/mol. The van der Waals surface area contributed by atoms with Crippen LogP contribution in [0.5, 0.6) is 0 Å². The molecule has 0 aliphatic carbocycles. The minimum atomic E-state index is -1.30. The van der Waals surface area contributed by atoms with Crippen LogP contribution >= 0.6 is 0 Å². The van der Waals surface area contributed by atoms with Gasteiger partial charge in [0.25, 0.3) is 5.56 Å². The van der Waals surface area contributed by atoms with Crippen molar-refractivity contribution in [1.29, 1.82) is 0 Å². The largest absolute Gasteiger partial charge is 0.364 e. The van der Waals surface area contributed by atoms with E-state index in [1.807, 2.05) is 12.1 Å². The molecule has 1 aromatic carbocycles. The van der Waals surface area contributed by atoms with E-state index in [0.717, 1.165) is 19.4 Å². The van der Waals surface area contributed by atoms with Crippen LogP contribution in [-0.2, 0) is 11.3 Å². The Labute approximate surface area is 127 Å². The van der Waals surface area contributed by atoms with Crippen LogP contribution < -0.4 is 10.9 Å². The monoisotopic (exact) mass is 301 g/mol. The zero-order chi connectivity index (χ0) is 15.2. The van der Waals surface area contributed by atoms with Gasteiger partial charge in [0.15, 0.2) is 5.79 Å². The molecular formula is C16H19N3O3. The molecule has 3 atom stereocenters. The number of ether oxygens (including phenoxy) is 1. The minimum Gasteiger partial charge on any atom is -0.364 e. The van der Waals surface area contributed by atoms with E-state index in [0.29, 0.717) is 17.3 Å². The summed E-state index contributed by atoms with van der Waals surface area (Å²) in [7, 11) is 0. The number of nitrogens with one attached hydrogen (secondary N) is 1. The van der Waals surface area contributed by atoms with Crippen molar-refractivity contribution < 1.29 is 9.84 Å². The van der Waals surface area contributed by atoms with Crippen LogP contribution in [0.15, 0.2) is 35.4 Å². The van der Waals surface area contributed by atoms with Crippen molar-refractivity contribution in [2.24, 2.45) is 0 Å². The van der Waals surface area contributed by atoms with Gasteiger partial charge >= 0.3 is 0 Å². The molecule has 6 heteroatoms. The lowest BCUT2D eigenvalue weighted by Gasteiger charge is -2.25. The quantitative estimate of drug-likeness (QED) is 0.851. The highest BCUT2D eigenvalue weighted by Gasteiger charge is 2.46. The number of rotatable bonds is 2. The number of para-hydroxylation sites is 1. The molecule has 6 nitrogen and oxygen atoms in total. The van der Waals surface area contributed by atoms with Crippen molar-refractivity contribution in [3.63, 3.8) is 0 Å². The van der Waals surface area contributed by atoms with Gasteiger partial charge in [-0.15, -0.1) is 0 Å². The Hall–Kier alpha value is -1.76. The lowest BCUT2D eigenvalue weighted by Crippen LogP contribution is -2.41. The van der Waals surface area contributed by atoms with Gasteiger partial charge in [-0.2, -0.15) is 0 Å². The Morgan fingerprint density at radius 3 is 3.18 bits per heavy atom. The van der Waals surface area contributed by atoms with E-state index in [4.69, 9.17) is 4.74 Å². The summed E-state index contributed by atoms with van der Waals surface area (Å²) in [6, 6.07) is 7.39. The lowest BCUT2D eigenvalue weighted by atomic mass is 9.99. The second kappa shape index (κ2) is 5.15. The number of hydrogen-bond donors (Lipinski definition) is 2. The van der Waals surface area contributed by atoms with Crippen LogP contribution in [0.3, 0.4) is 0 Å². The van der Waals surface area contributed by atoms with Crippen LogP contribution in [0.2, 0.25) is 0 Å². The molecule has 1 aromatic heterocycles. The van der Waals surface area contributed by atoms with Gasteiger partial charge in [0.1, 0.15) is 0 Å². The predicted octanol–water partition coefficient (Wildman–Crippen LogP) is 0.626. The molecule has 2 aliphatic heterocycles. The Morgan fingerprint density at radius 1 is 1.45 bits per heavy atom. The molecule has 0 saturated carbocycles. The smallest absolute Gasteiger partial charge is 0.261 e. The van der Waals surface area contributed by atoms with E-state index < -0.39 is 5.79 Å². The third kappa shape index (κ3) is 2.33. The first-order chi connectivity index (χ1) is 10.6. The summed E-state index contributed by atoms with van der Waals surface area (Å²) in [6.45, 7) is 1.07. The summed E-state index contributed by atoms with van der Waals surface area (Å²) < 4.78 is 7.27. The Kier molecular flexibility index (Phi) is 3.25. The fourth-order valence-electron chi connectivity index (χ4n) is 3.53. The highest BCUT2D eigenvalue weighted by Crippen LogP contribution is 2.33. The molecule has 2 fully saturated rings. The Balaban J connectivity index is 1.63. The van der Waals surface area contributed by atoms with Gasteiger partial charge in [0.2, 0.25) is 0 Å². The highest BCUT2D eigenvalue weighted by molar-refractivity contribution is 5.76. The molecule has 2 N–H and O–H groups in total. The van der Waals surface area contributed by atoms with E-state index in [-0.39, 0.29) is 24.2 Å². The van der Waals surface area contributed by atoms with Gasteiger partial charge < -0.3 is 15.2 Å². The lowest BCUT2D eigenvalue weighted by molar-refractivity contribution is -0.202. The zero-order valence-electron chi connectivity index (χ0n) is 12.2. The van der Waals surface area contributed by atoms with Crippen LogP contribution in [0.4, 0.5) is 0 Å².